The van der Waals surface area contributed by atoms with Crippen LogP contribution in [0, 0.1) is 5.92 Å². The highest BCUT2D eigenvalue weighted by molar-refractivity contribution is 7.86. The minimum Gasteiger partial charge on any atom is -0.336 e. The second kappa shape index (κ2) is 6.23. The van der Waals surface area contributed by atoms with Gasteiger partial charge in [-0.15, -0.1) is 3.89 Å². The summed E-state index contributed by atoms with van der Waals surface area (Å²) in [5.41, 5.74) is 3.82. The molecule has 0 N–H and O–H groups in total. The highest BCUT2D eigenvalue weighted by Gasteiger charge is 2.35. The molecule has 6 heteroatoms. The van der Waals surface area contributed by atoms with E-state index in [1.807, 2.05) is 6.92 Å². The van der Waals surface area contributed by atoms with Crippen LogP contribution < -0.4 is 0 Å². The van der Waals surface area contributed by atoms with E-state index in [2.05, 4.69) is 18.2 Å². The van der Waals surface area contributed by atoms with Crippen molar-refractivity contribution in [3.8, 4) is 0 Å². The molecule has 2 aliphatic rings. The maximum absolute atomic E-state index is 12.8. The highest BCUT2D eigenvalue weighted by Crippen LogP contribution is 2.31. The van der Waals surface area contributed by atoms with Crippen molar-refractivity contribution in [2.45, 2.75) is 45.1 Å². The second-order valence-electron chi connectivity index (χ2n) is 6.73. The summed E-state index contributed by atoms with van der Waals surface area (Å²) >= 11 is 0. The molecule has 2 unspecified atom stereocenters. The number of hydrogen-bond donors (Lipinski definition) is 0. The van der Waals surface area contributed by atoms with E-state index in [1.165, 1.54) is 24.0 Å². The van der Waals surface area contributed by atoms with Crippen LogP contribution in [-0.4, -0.2) is 31.5 Å². The van der Waals surface area contributed by atoms with E-state index in [0.29, 0.717) is 6.54 Å². The Kier molecular flexibility index (Phi) is 4.45. The first kappa shape index (κ1) is 16.4. The number of benzene rings is 1. The molecule has 1 aromatic rings. The molecule has 1 aromatic carbocycles. The van der Waals surface area contributed by atoms with Crippen molar-refractivity contribution in [1.82, 2.24) is 4.90 Å². The Labute approximate surface area is 136 Å². The van der Waals surface area contributed by atoms with Crippen LogP contribution in [0.5, 0.6) is 0 Å². The van der Waals surface area contributed by atoms with Crippen molar-refractivity contribution in [2.75, 3.05) is 12.3 Å². The fourth-order valence-corrected chi connectivity index (χ4v) is 4.56. The Balaban J connectivity index is 1.75. The molecule has 1 fully saturated rings. The predicted octanol–water partition coefficient (Wildman–Crippen LogP) is 2.77. The van der Waals surface area contributed by atoms with E-state index in [0.717, 1.165) is 18.4 Å². The van der Waals surface area contributed by atoms with E-state index in [9.17, 15) is 17.1 Å². The van der Waals surface area contributed by atoms with Gasteiger partial charge in [0.25, 0.3) is 0 Å². The zero-order chi connectivity index (χ0) is 16.6. The largest absolute Gasteiger partial charge is 0.336 e. The van der Waals surface area contributed by atoms with Gasteiger partial charge in [-0.25, -0.2) is 0 Å². The summed E-state index contributed by atoms with van der Waals surface area (Å²) in [6.45, 7) is 2.26. The van der Waals surface area contributed by atoms with E-state index in [4.69, 9.17) is 0 Å². The summed E-state index contributed by atoms with van der Waals surface area (Å²) in [6, 6.07) is 6.26. The zero-order valence-electron chi connectivity index (χ0n) is 13.3. The standard InChI is InChI=1S/C17H22FNO3S/c1-12(15-7-6-14-4-2-3-5-16(14)9-15)19-10-13(8-17(19)20)11-23(18,21)22/h6-7,9,12-13H,2-5,8,10-11H2,1H3. The summed E-state index contributed by atoms with van der Waals surface area (Å²) in [5, 5.41) is 0. The van der Waals surface area contributed by atoms with E-state index in [-0.39, 0.29) is 18.4 Å². The maximum atomic E-state index is 12.8. The Bertz CT molecular complexity index is 717. The number of halogens is 1. The number of rotatable bonds is 4. The molecule has 0 spiro atoms. The van der Waals surface area contributed by atoms with Crippen molar-refractivity contribution in [3.63, 3.8) is 0 Å². The van der Waals surface area contributed by atoms with Crippen LogP contribution in [0.4, 0.5) is 3.89 Å². The average Bonchev–Trinajstić information content (AvgIpc) is 2.84. The lowest BCUT2D eigenvalue weighted by molar-refractivity contribution is -0.129. The predicted molar refractivity (Wildman–Crippen MR) is 86.2 cm³/mol. The molecule has 23 heavy (non-hydrogen) atoms. The summed E-state index contributed by atoms with van der Waals surface area (Å²) in [7, 11) is -4.54. The molecule has 4 nitrogen and oxygen atoms in total. The van der Waals surface area contributed by atoms with Crippen molar-refractivity contribution >= 4 is 16.1 Å². The molecule has 1 heterocycles. The van der Waals surface area contributed by atoms with Crippen LogP contribution in [0.25, 0.3) is 0 Å². The molecule has 0 bridgehead atoms. The molecule has 3 rings (SSSR count). The van der Waals surface area contributed by atoms with E-state index in [1.54, 1.807) is 4.90 Å². The van der Waals surface area contributed by atoms with Crippen LogP contribution in [0.1, 0.15) is 48.9 Å². The van der Waals surface area contributed by atoms with Gasteiger partial charge in [0.1, 0.15) is 0 Å². The minimum atomic E-state index is -4.54. The second-order valence-corrected chi connectivity index (χ2v) is 8.14. The third-order valence-corrected chi connectivity index (χ3v) is 5.87. The van der Waals surface area contributed by atoms with Crippen LogP contribution in [-0.2, 0) is 27.9 Å². The fourth-order valence-electron chi connectivity index (χ4n) is 3.77. The quantitative estimate of drug-likeness (QED) is 0.793. The van der Waals surface area contributed by atoms with Crippen LogP contribution in [0.2, 0.25) is 0 Å². The van der Waals surface area contributed by atoms with Gasteiger partial charge < -0.3 is 4.90 Å². The normalized spacial score (nSPS) is 23.0. The Morgan fingerprint density at radius 2 is 1.96 bits per heavy atom. The first-order valence-corrected chi connectivity index (χ1v) is 9.72. The van der Waals surface area contributed by atoms with Gasteiger partial charge in [-0.3, -0.25) is 4.79 Å². The average molecular weight is 339 g/mol. The van der Waals surface area contributed by atoms with Gasteiger partial charge in [-0.1, -0.05) is 18.2 Å². The van der Waals surface area contributed by atoms with E-state index >= 15 is 0 Å². The lowest BCUT2D eigenvalue weighted by atomic mass is 9.89. The maximum Gasteiger partial charge on any atom is 0.302 e. The van der Waals surface area contributed by atoms with Crippen molar-refractivity contribution < 1.29 is 17.1 Å². The molecule has 0 aromatic heterocycles. The Morgan fingerprint density at radius 3 is 2.65 bits per heavy atom. The first-order valence-electron chi connectivity index (χ1n) is 8.17. The highest BCUT2D eigenvalue weighted by atomic mass is 32.3. The summed E-state index contributed by atoms with van der Waals surface area (Å²) < 4.78 is 34.5. The summed E-state index contributed by atoms with van der Waals surface area (Å²) in [5.74, 6) is -1.10. The SMILES string of the molecule is CC(c1ccc2c(c1)CCCC2)N1CC(CS(=O)(=O)F)CC1=O. The number of hydrogen-bond acceptors (Lipinski definition) is 3. The Hall–Kier alpha value is -1.43. The number of likely N-dealkylation sites (tertiary alicyclic amines) is 1. The number of nitrogens with zero attached hydrogens (tertiary/aromatic N) is 1. The van der Waals surface area contributed by atoms with Gasteiger partial charge in [-0.05, 0) is 49.3 Å². The number of aryl methyl sites for hydroxylation is 2. The number of carbonyl (C=O) groups is 1. The number of carbonyl (C=O) groups excluding carboxylic acids is 1. The smallest absolute Gasteiger partial charge is 0.302 e. The zero-order valence-corrected chi connectivity index (χ0v) is 14.1. The van der Waals surface area contributed by atoms with Crippen LogP contribution in [0.3, 0.4) is 0 Å². The molecular weight excluding hydrogens is 317 g/mol. The van der Waals surface area contributed by atoms with Gasteiger partial charge >= 0.3 is 10.2 Å². The van der Waals surface area contributed by atoms with Crippen LogP contribution >= 0.6 is 0 Å². The van der Waals surface area contributed by atoms with E-state index < -0.39 is 21.9 Å². The topological polar surface area (TPSA) is 54.5 Å². The van der Waals surface area contributed by atoms with Gasteiger partial charge in [0, 0.05) is 18.9 Å². The van der Waals surface area contributed by atoms with Gasteiger partial charge in [0.2, 0.25) is 5.91 Å². The number of amides is 1. The molecule has 2 atom stereocenters. The lowest BCUT2D eigenvalue weighted by Gasteiger charge is -2.27. The minimum absolute atomic E-state index is 0.0936. The summed E-state index contributed by atoms with van der Waals surface area (Å²) in [6.07, 6.45) is 4.73. The molecule has 1 amide bonds. The molecule has 1 aliphatic carbocycles. The molecular formula is C17H22FNO3S. The third kappa shape index (κ3) is 3.74. The number of fused-ring (bicyclic) bond motifs is 1. The molecule has 1 saturated heterocycles. The fraction of sp³-hybridized carbons (Fsp3) is 0.588. The van der Waals surface area contributed by atoms with Crippen molar-refractivity contribution in [1.29, 1.82) is 0 Å². The van der Waals surface area contributed by atoms with Crippen molar-refractivity contribution in [3.05, 3.63) is 34.9 Å². The van der Waals surface area contributed by atoms with Gasteiger partial charge in [0.15, 0.2) is 0 Å². The summed E-state index contributed by atoms with van der Waals surface area (Å²) in [4.78, 5) is 13.9. The Morgan fingerprint density at radius 1 is 1.26 bits per heavy atom. The van der Waals surface area contributed by atoms with Gasteiger partial charge in [0.05, 0.1) is 11.8 Å². The molecule has 0 saturated carbocycles. The first-order chi connectivity index (χ1) is 10.8. The molecule has 1 aliphatic heterocycles. The molecule has 0 radical (unpaired) electrons. The molecule has 126 valence electrons. The monoisotopic (exact) mass is 339 g/mol. The third-order valence-electron chi connectivity index (χ3n) is 5.00. The van der Waals surface area contributed by atoms with Crippen LogP contribution in [0.15, 0.2) is 18.2 Å². The van der Waals surface area contributed by atoms with Gasteiger partial charge in [-0.2, -0.15) is 8.42 Å². The van der Waals surface area contributed by atoms with Crippen molar-refractivity contribution in [2.24, 2.45) is 5.92 Å². The lowest BCUT2D eigenvalue weighted by Crippen LogP contribution is -2.29.